The van der Waals surface area contributed by atoms with Crippen LogP contribution in [-0.4, -0.2) is 29.2 Å². The summed E-state index contributed by atoms with van der Waals surface area (Å²) in [6.45, 7) is 1.89. The predicted molar refractivity (Wildman–Crippen MR) is 68.9 cm³/mol. The number of hydrogen-bond donors (Lipinski definition) is 2. The predicted octanol–water partition coefficient (Wildman–Crippen LogP) is 1.05. The van der Waals surface area contributed by atoms with Crippen molar-refractivity contribution in [3.8, 4) is 6.01 Å². The van der Waals surface area contributed by atoms with Gasteiger partial charge in [-0.2, -0.15) is 4.98 Å². The van der Waals surface area contributed by atoms with Crippen molar-refractivity contribution >= 4 is 10.9 Å². The minimum atomic E-state index is -0.149. The molecule has 0 saturated carbocycles. The molecule has 0 radical (unpaired) electrons. The zero-order valence-electron chi connectivity index (χ0n) is 9.98. The summed E-state index contributed by atoms with van der Waals surface area (Å²) in [6.07, 6.45) is 2.02. The molecular formula is C13H15N3O2. The smallest absolute Gasteiger partial charge is 0.297 e. The van der Waals surface area contributed by atoms with Crippen LogP contribution in [0.2, 0.25) is 0 Å². The minimum absolute atomic E-state index is 0.135. The van der Waals surface area contributed by atoms with Gasteiger partial charge >= 0.3 is 0 Å². The number of aromatic nitrogens is 2. The Hall–Kier alpha value is -1.88. The molecule has 94 valence electrons. The Bertz CT molecular complexity index is 602. The normalized spacial score (nSPS) is 16.9. The molecule has 1 aromatic heterocycles. The van der Waals surface area contributed by atoms with Crippen molar-refractivity contribution in [1.82, 2.24) is 15.3 Å². The highest BCUT2D eigenvalue weighted by molar-refractivity contribution is 5.77. The quantitative estimate of drug-likeness (QED) is 0.830. The molecule has 1 aromatic carbocycles. The lowest BCUT2D eigenvalue weighted by Crippen LogP contribution is -2.34. The van der Waals surface area contributed by atoms with Gasteiger partial charge < -0.3 is 10.1 Å². The molecule has 0 atom stereocenters. The van der Waals surface area contributed by atoms with Crippen molar-refractivity contribution < 1.29 is 4.74 Å². The summed E-state index contributed by atoms with van der Waals surface area (Å²) in [5.74, 6) is 0. The van der Waals surface area contributed by atoms with Gasteiger partial charge in [-0.15, -0.1) is 0 Å². The van der Waals surface area contributed by atoms with Gasteiger partial charge in [0.2, 0.25) is 0 Å². The van der Waals surface area contributed by atoms with Gasteiger partial charge in [-0.3, -0.25) is 9.78 Å². The summed E-state index contributed by atoms with van der Waals surface area (Å²) in [7, 11) is 0. The van der Waals surface area contributed by atoms with Crippen molar-refractivity contribution in [3.63, 3.8) is 0 Å². The number of fused-ring (bicyclic) bond motifs is 1. The van der Waals surface area contributed by atoms with Gasteiger partial charge in [-0.1, -0.05) is 12.1 Å². The van der Waals surface area contributed by atoms with E-state index in [2.05, 4.69) is 15.3 Å². The Morgan fingerprint density at radius 2 is 2.00 bits per heavy atom. The Labute approximate surface area is 104 Å². The molecular weight excluding hydrogens is 230 g/mol. The molecule has 0 aliphatic carbocycles. The van der Waals surface area contributed by atoms with E-state index < -0.39 is 0 Å². The first kappa shape index (κ1) is 11.2. The molecule has 2 aromatic rings. The van der Waals surface area contributed by atoms with Crippen LogP contribution in [0.15, 0.2) is 29.1 Å². The maximum Gasteiger partial charge on any atom is 0.297 e. The molecule has 0 amide bonds. The SMILES string of the molecule is O=c1[nH]c(OC2CCNCC2)nc2ccccc12. The van der Waals surface area contributed by atoms with Crippen LogP contribution >= 0.6 is 0 Å². The van der Waals surface area contributed by atoms with E-state index in [0.717, 1.165) is 25.9 Å². The number of nitrogens with one attached hydrogen (secondary N) is 2. The third kappa shape index (κ3) is 2.22. The summed E-state index contributed by atoms with van der Waals surface area (Å²) < 4.78 is 5.74. The van der Waals surface area contributed by atoms with Crippen molar-refractivity contribution in [2.75, 3.05) is 13.1 Å². The van der Waals surface area contributed by atoms with Gasteiger partial charge in [0.1, 0.15) is 6.10 Å². The lowest BCUT2D eigenvalue weighted by Gasteiger charge is -2.22. The second-order valence-corrected chi connectivity index (χ2v) is 4.46. The molecule has 0 spiro atoms. The second kappa shape index (κ2) is 4.78. The van der Waals surface area contributed by atoms with E-state index in [-0.39, 0.29) is 11.7 Å². The molecule has 2 heterocycles. The summed E-state index contributed by atoms with van der Waals surface area (Å²) in [6, 6.07) is 7.59. The summed E-state index contributed by atoms with van der Waals surface area (Å²) in [5.41, 5.74) is 0.523. The first-order valence-electron chi connectivity index (χ1n) is 6.19. The summed E-state index contributed by atoms with van der Waals surface area (Å²) >= 11 is 0. The number of hydrogen-bond acceptors (Lipinski definition) is 4. The topological polar surface area (TPSA) is 67.0 Å². The monoisotopic (exact) mass is 245 g/mol. The highest BCUT2D eigenvalue weighted by Gasteiger charge is 2.15. The number of H-pyrrole nitrogens is 1. The molecule has 0 unspecified atom stereocenters. The highest BCUT2D eigenvalue weighted by Crippen LogP contribution is 2.13. The molecule has 3 rings (SSSR count). The standard InChI is InChI=1S/C13H15N3O2/c17-12-10-3-1-2-4-11(10)15-13(16-12)18-9-5-7-14-8-6-9/h1-4,9,14H,5-8H2,(H,15,16,17). The van der Waals surface area contributed by atoms with E-state index in [1.54, 1.807) is 6.07 Å². The average molecular weight is 245 g/mol. The van der Waals surface area contributed by atoms with Gasteiger partial charge in [-0.25, -0.2) is 0 Å². The van der Waals surface area contributed by atoms with Gasteiger partial charge in [0.05, 0.1) is 10.9 Å². The Balaban J connectivity index is 1.90. The Kier molecular flexibility index (Phi) is 2.98. The summed E-state index contributed by atoms with van der Waals surface area (Å²) in [4.78, 5) is 18.9. The van der Waals surface area contributed by atoms with E-state index in [4.69, 9.17) is 4.74 Å². The molecule has 1 fully saturated rings. The lowest BCUT2D eigenvalue weighted by molar-refractivity contribution is 0.149. The first-order valence-corrected chi connectivity index (χ1v) is 6.19. The third-order valence-corrected chi connectivity index (χ3v) is 3.16. The van der Waals surface area contributed by atoms with Crippen molar-refractivity contribution in [2.45, 2.75) is 18.9 Å². The van der Waals surface area contributed by atoms with Gasteiger partial charge in [0.15, 0.2) is 0 Å². The largest absolute Gasteiger partial charge is 0.461 e. The van der Waals surface area contributed by atoms with Gasteiger partial charge in [0, 0.05) is 0 Å². The fraction of sp³-hybridized carbons (Fsp3) is 0.385. The third-order valence-electron chi connectivity index (χ3n) is 3.16. The number of piperidine rings is 1. The van der Waals surface area contributed by atoms with E-state index in [9.17, 15) is 4.79 Å². The van der Waals surface area contributed by atoms with Crippen molar-refractivity contribution in [3.05, 3.63) is 34.6 Å². The molecule has 1 saturated heterocycles. The van der Waals surface area contributed by atoms with E-state index in [0.29, 0.717) is 16.9 Å². The number of ether oxygens (including phenoxy) is 1. The molecule has 5 nitrogen and oxygen atoms in total. The van der Waals surface area contributed by atoms with Crippen LogP contribution in [-0.2, 0) is 0 Å². The number of rotatable bonds is 2. The maximum absolute atomic E-state index is 11.9. The minimum Gasteiger partial charge on any atom is -0.461 e. The van der Waals surface area contributed by atoms with E-state index in [1.165, 1.54) is 0 Å². The first-order chi connectivity index (χ1) is 8.83. The van der Waals surface area contributed by atoms with Crippen LogP contribution in [0.25, 0.3) is 10.9 Å². The molecule has 1 aliphatic heterocycles. The lowest BCUT2D eigenvalue weighted by atomic mass is 10.1. The van der Waals surface area contributed by atoms with Gasteiger partial charge in [0.25, 0.3) is 11.6 Å². The van der Waals surface area contributed by atoms with Crippen molar-refractivity contribution in [1.29, 1.82) is 0 Å². The zero-order valence-corrected chi connectivity index (χ0v) is 9.98. The van der Waals surface area contributed by atoms with Crippen LogP contribution in [0.1, 0.15) is 12.8 Å². The number of para-hydroxylation sites is 1. The summed E-state index contributed by atoms with van der Waals surface area (Å²) in [5, 5.41) is 3.86. The molecule has 18 heavy (non-hydrogen) atoms. The number of benzene rings is 1. The molecule has 5 heteroatoms. The fourth-order valence-electron chi connectivity index (χ4n) is 2.19. The fourth-order valence-corrected chi connectivity index (χ4v) is 2.19. The second-order valence-electron chi connectivity index (χ2n) is 4.46. The van der Waals surface area contributed by atoms with Crippen molar-refractivity contribution in [2.24, 2.45) is 0 Å². The van der Waals surface area contributed by atoms with E-state index in [1.807, 2.05) is 18.2 Å². The van der Waals surface area contributed by atoms with Crippen LogP contribution in [0.3, 0.4) is 0 Å². The zero-order chi connectivity index (χ0) is 12.4. The molecule has 0 bridgehead atoms. The molecule has 2 N–H and O–H groups in total. The average Bonchev–Trinajstić information content (AvgIpc) is 2.40. The van der Waals surface area contributed by atoms with Crippen LogP contribution in [0.5, 0.6) is 6.01 Å². The maximum atomic E-state index is 11.9. The number of aromatic amines is 1. The van der Waals surface area contributed by atoms with Crippen LogP contribution < -0.4 is 15.6 Å². The van der Waals surface area contributed by atoms with Crippen LogP contribution in [0, 0.1) is 0 Å². The van der Waals surface area contributed by atoms with E-state index >= 15 is 0 Å². The Morgan fingerprint density at radius 3 is 2.83 bits per heavy atom. The Morgan fingerprint density at radius 1 is 1.22 bits per heavy atom. The number of nitrogens with zero attached hydrogens (tertiary/aromatic N) is 1. The van der Waals surface area contributed by atoms with Gasteiger partial charge in [-0.05, 0) is 38.1 Å². The molecule has 1 aliphatic rings. The van der Waals surface area contributed by atoms with Crippen LogP contribution in [0.4, 0.5) is 0 Å². The highest BCUT2D eigenvalue weighted by atomic mass is 16.5.